The Morgan fingerprint density at radius 1 is 1.50 bits per heavy atom. The highest BCUT2D eigenvalue weighted by molar-refractivity contribution is 7.99. The van der Waals surface area contributed by atoms with Crippen LogP contribution in [0, 0.1) is 0 Å². The highest BCUT2D eigenvalue weighted by atomic mass is 32.2. The summed E-state index contributed by atoms with van der Waals surface area (Å²) in [6, 6.07) is 0. The molecular weight excluding hydrogens is 144 g/mol. The van der Waals surface area contributed by atoms with Gasteiger partial charge in [0.15, 0.2) is 5.78 Å². The SMILES string of the molecule is CC(=O)C=C1CCSCC1. The van der Waals surface area contributed by atoms with Gasteiger partial charge in [-0.25, -0.2) is 0 Å². The van der Waals surface area contributed by atoms with Gasteiger partial charge < -0.3 is 0 Å². The molecule has 0 saturated carbocycles. The van der Waals surface area contributed by atoms with Gasteiger partial charge in [-0.2, -0.15) is 11.8 Å². The molecule has 0 spiro atoms. The normalized spacial score (nSPS) is 18.7. The van der Waals surface area contributed by atoms with Crippen LogP contribution < -0.4 is 0 Å². The third kappa shape index (κ3) is 2.56. The Kier molecular flexibility index (Phi) is 3.00. The van der Waals surface area contributed by atoms with Crippen LogP contribution in [-0.4, -0.2) is 17.3 Å². The average Bonchev–Trinajstić information content (AvgIpc) is 1.88. The molecule has 1 fully saturated rings. The monoisotopic (exact) mass is 156 g/mol. The summed E-state index contributed by atoms with van der Waals surface area (Å²) in [7, 11) is 0. The molecule has 1 aliphatic rings. The topological polar surface area (TPSA) is 17.1 Å². The molecule has 0 aromatic heterocycles. The molecule has 0 radical (unpaired) electrons. The molecule has 1 aliphatic heterocycles. The van der Waals surface area contributed by atoms with Crippen molar-refractivity contribution in [3.63, 3.8) is 0 Å². The zero-order chi connectivity index (χ0) is 7.40. The number of allylic oxidation sites excluding steroid dienone is 2. The minimum Gasteiger partial charge on any atom is -0.295 e. The molecule has 0 amide bonds. The van der Waals surface area contributed by atoms with Gasteiger partial charge in [0.25, 0.3) is 0 Å². The molecule has 1 nitrogen and oxygen atoms in total. The summed E-state index contributed by atoms with van der Waals surface area (Å²) in [6.07, 6.45) is 4.02. The molecule has 1 saturated heterocycles. The molecule has 0 bridgehead atoms. The van der Waals surface area contributed by atoms with Gasteiger partial charge in [-0.3, -0.25) is 4.79 Å². The van der Waals surface area contributed by atoms with E-state index in [1.54, 1.807) is 13.0 Å². The molecule has 1 rings (SSSR count). The van der Waals surface area contributed by atoms with E-state index in [4.69, 9.17) is 0 Å². The summed E-state index contributed by atoms with van der Waals surface area (Å²) >= 11 is 1.97. The number of hydrogen-bond donors (Lipinski definition) is 0. The molecule has 2 heteroatoms. The van der Waals surface area contributed by atoms with Gasteiger partial charge >= 0.3 is 0 Å². The van der Waals surface area contributed by atoms with Crippen molar-refractivity contribution in [2.75, 3.05) is 11.5 Å². The number of hydrogen-bond acceptors (Lipinski definition) is 2. The van der Waals surface area contributed by atoms with Gasteiger partial charge in [0.2, 0.25) is 0 Å². The smallest absolute Gasteiger partial charge is 0.152 e. The molecule has 0 aromatic carbocycles. The van der Waals surface area contributed by atoms with Gasteiger partial charge in [0.05, 0.1) is 0 Å². The quantitative estimate of drug-likeness (QED) is 0.540. The second-order valence-electron chi connectivity index (χ2n) is 2.53. The van der Waals surface area contributed by atoms with Crippen LogP contribution in [0.4, 0.5) is 0 Å². The lowest BCUT2D eigenvalue weighted by Gasteiger charge is -2.11. The van der Waals surface area contributed by atoms with Crippen LogP contribution in [0.25, 0.3) is 0 Å². The molecular formula is C8H12OS. The van der Waals surface area contributed by atoms with Crippen molar-refractivity contribution in [1.82, 2.24) is 0 Å². The lowest BCUT2D eigenvalue weighted by atomic mass is 10.1. The molecule has 1 heterocycles. The Morgan fingerprint density at radius 3 is 2.60 bits per heavy atom. The number of carbonyl (C=O) groups is 1. The van der Waals surface area contributed by atoms with Crippen LogP contribution in [0.3, 0.4) is 0 Å². The zero-order valence-electron chi connectivity index (χ0n) is 6.22. The summed E-state index contributed by atoms with van der Waals surface area (Å²) < 4.78 is 0. The maximum atomic E-state index is 10.6. The van der Waals surface area contributed by atoms with Crippen LogP contribution in [0.5, 0.6) is 0 Å². The highest BCUT2D eigenvalue weighted by Crippen LogP contribution is 2.21. The maximum Gasteiger partial charge on any atom is 0.152 e. The number of rotatable bonds is 1. The van der Waals surface area contributed by atoms with E-state index in [0.29, 0.717) is 0 Å². The Bertz CT molecular complexity index is 153. The summed E-state index contributed by atoms with van der Waals surface area (Å²) in [5.74, 6) is 2.58. The van der Waals surface area contributed by atoms with Crippen LogP contribution in [0.2, 0.25) is 0 Å². The molecule has 0 N–H and O–H groups in total. The van der Waals surface area contributed by atoms with E-state index >= 15 is 0 Å². The minimum atomic E-state index is 0.196. The predicted octanol–water partition coefficient (Wildman–Crippen LogP) is 2.03. The summed E-state index contributed by atoms with van der Waals surface area (Å²) in [5.41, 5.74) is 1.34. The Balaban J connectivity index is 2.45. The second kappa shape index (κ2) is 3.81. The van der Waals surface area contributed by atoms with E-state index in [0.717, 1.165) is 12.8 Å². The molecule has 56 valence electrons. The fourth-order valence-electron chi connectivity index (χ4n) is 1.07. The Labute approximate surface area is 65.9 Å². The van der Waals surface area contributed by atoms with Gasteiger partial charge in [0.1, 0.15) is 0 Å². The van der Waals surface area contributed by atoms with Gasteiger partial charge in [-0.1, -0.05) is 5.57 Å². The summed E-state index contributed by atoms with van der Waals surface area (Å²) in [5, 5.41) is 0. The van der Waals surface area contributed by atoms with Crippen molar-refractivity contribution in [2.24, 2.45) is 0 Å². The van der Waals surface area contributed by atoms with E-state index < -0.39 is 0 Å². The van der Waals surface area contributed by atoms with E-state index in [2.05, 4.69) is 0 Å². The van der Waals surface area contributed by atoms with Crippen molar-refractivity contribution >= 4 is 17.5 Å². The highest BCUT2D eigenvalue weighted by Gasteiger charge is 2.05. The zero-order valence-corrected chi connectivity index (χ0v) is 7.04. The van der Waals surface area contributed by atoms with Crippen molar-refractivity contribution in [1.29, 1.82) is 0 Å². The van der Waals surface area contributed by atoms with Crippen LogP contribution in [0.15, 0.2) is 11.6 Å². The maximum absolute atomic E-state index is 10.6. The number of carbonyl (C=O) groups excluding carboxylic acids is 1. The fraction of sp³-hybridized carbons (Fsp3) is 0.625. The predicted molar refractivity (Wildman–Crippen MR) is 45.3 cm³/mol. The minimum absolute atomic E-state index is 0.196. The third-order valence-corrected chi connectivity index (χ3v) is 2.53. The van der Waals surface area contributed by atoms with Crippen LogP contribution >= 0.6 is 11.8 Å². The van der Waals surface area contributed by atoms with Crippen molar-refractivity contribution in [3.05, 3.63) is 11.6 Å². The van der Waals surface area contributed by atoms with E-state index in [9.17, 15) is 4.79 Å². The van der Waals surface area contributed by atoms with Gasteiger partial charge in [-0.05, 0) is 37.3 Å². The van der Waals surface area contributed by atoms with Crippen molar-refractivity contribution in [3.8, 4) is 0 Å². The molecule has 0 atom stereocenters. The second-order valence-corrected chi connectivity index (χ2v) is 3.75. The first kappa shape index (κ1) is 7.86. The van der Waals surface area contributed by atoms with Crippen molar-refractivity contribution < 1.29 is 4.79 Å². The fourth-order valence-corrected chi connectivity index (χ4v) is 2.08. The van der Waals surface area contributed by atoms with E-state index in [1.807, 2.05) is 11.8 Å². The van der Waals surface area contributed by atoms with Crippen LogP contribution in [0.1, 0.15) is 19.8 Å². The Hall–Kier alpha value is -0.240. The summed E-state index contributed by atoms with van der Waals surface area (Å²) in [4.78, 5) is 10.6. The standard InChI is InChI=1S/C8H12OS/c1-7(9)6-8-2-4-10-5-3-8/h6H,2-5H2,1H3. The van der Waals surface area contributed by atoms with Gasteiger partial charge in [0, 0.05) is 0 Å². The molecule has 0 aliphatic carbocycles. The molecule has 0 unspecified atom stereocenters. The van der Waals surface area contributed by atoms with Crippen molar-refractivity contribution in [2.45, 2.75) is 19.8 Å². The average molecular weight is 156 g/mol. The van der Waals surface area contributed by atoms with E-state index in [1.165, 1.54) is 17.1 Å². The third-order valence-electron chi connectivity index (χ3n) is 1.54. The van der Waals surface area contributed by atoms with Crippen LogP contribution in [-0.2, 0) is 4.79 Å². The summed E-state index contributed by atoms with van der Waals surface area (Å²) in [6.45, 7) is 1.62. The first-order valence-corrected chi connectivity index (χ1v) is 4.72. The first-order valence-electron chi connectivity index (χ1n) is 3.57. The van der Waals surface area contributed by atoms with Gasteiger partial charge in [-0.15, -0.1) is 0 Å². The number of thioether (sulfide) groups is 1. The molecule has 0 aromatic rings. The largest absolute Gasteiger partial charge is 0.295 e. The lowest BCUT2D eigenvalue weighted by molar-refractivity contribution is -0.112. The Morgan fingerprint density at radius 2 is 2.10 bits per heavy atom. The lowest BCUT2D eigenvalue weighted by Crippen LogP contribution is -1.99. The number of ketones is 1. The van der Waals surface area contributed by atoms with E-state index in [-0.39, 0.29) is 5.78 Å². The molecule has 10 heavy (non-hydrogen) atoms. The first-order chi connectivity index (χ1) is 4.79.